The Morgan fingerprint density at radius 2 is 1.64 bits per heavy atom. The summed E-state index contributed by atoms with van der Waals surface area (Å²) in [6.07, 6.45) is 0.440. The summed E-state index contributed by atoms with van der Waals surface area (Å²) in [4.78, 5) is 36.2. The molecule has 1 heterocycles. The van der Waals surface area contributed by atoms with Crippen molar-refractivity contribution in [2.24, 2.45) is 0 Å². The fraction of sp³-hybridized carbons (Fsp3) is 0.609. The van der Waals surface area contributed by atoms with Crippen LogP contribution in [0.5, 0.6) is 0 Å². The smallest absolute Gasteiger partial charge is 0.465 e. The third-order valence-electron chi connectivity index (χ3n) is 6.13. The van der Waals surface area contributed by atoms with Gasteiger partial charge in [-0.1, -0.05) is 30.3 Å². The van der Waals surface area contributed by atoms with Crippen LogP contribution >= 0.6 is 0 Å². The summed E-state index contributed by atoms with van der Waals surface area (Å²) in [5, 5.41) is 16.8. The van der Waals surface area contributed by atoms with Crippen molar-refractivity contribution in [1.29, 1.82) is 0 Å². The van der Waals surface area contributed by atoms with Crippen molar-refractivity contribution < 1.29 is 28.8 Å². The molecule has 1 aromatic carbocycles. The molecule has 1 aromatic rings. The molecule has 0 bridgehead atoms. The minimum absolute atomic E-state index is 0.300. The van der Waals surface area contributed by atoms with Gasteiger partial charge in [-0.2, -0.15) is 0 Å². The Morgan fingerprint density at radius 3 is 2.18 bits per heavy atom. The van der Waals surface area contributed by atoms with Crippen molar-refractivity contribution in [3.63, 3.8) is 0 Å². The van der Waals surface area contributed by atoms with Crippen LogP contribution in [-0.4, -0.2) is 59.9 Å². The maximum atomic E-state index is 13.0. The molecule has 3 amide bonds. The maximum Gasteiger partial charge on any atom is 0.481 e. The van der Waals surface area contributed by atoms with E-state index in [4.69, 9.17) is 14.4 Å². The average Bonchev–Trinajstić information content (AvgIpc) is 2.94. The standard InChI is InChI=1S/C23H36BN3O6/c1-6-25-19(28)15-17(26-21(30)31)20(29)27-18(14-10-13-16-11-8-7-9-12-16)24-32-22(2,3)23(4,5)33-24/h7-9,11-12,17-18,26H,6,10,13-15H2,1-5H3,(H,25,28)(H,27,29)(H,30,31)/t17-,18+/m1/s1. The zero-order valence-electron chi connectivity index (χ0n) is 20.1. The molecule has 0 aromatic heterocycles. The molecule has 2 rings (SSSR count). The van der Waals surface area contributed by atoms with Crippen LogP contribution in [0.1, 0.15) is 59.4 Å². The molecule has 0 unspecified atom stereocenters. The van der Waals surface area contributed by atoms with E-state index in [0.717, 1.165) is 12.8 Å². The van der Waals surface area contributed by atoms with Gasteiger partial charge in [0.1, 0.15) is 6.04 Å². The first-order valence-electron chi connectivity index (χ1n) is 11.4. The second-order valence-electron chi connectivity index (χ2n) is 9.28. The fourth-order valence-corrected chi connectivity index (χ4v) is 3.60. The molecule has 4 N–H and O–H groups in total. The highest BCUT2D eigenvalue weighted by Gasteiger charge is 2.54. The number of hydrogen-bond donors (Lipinski definition) is 4. The van der Waals surface area contributed by atoms with Gasteiger partial charge in [0.15, 0.2) is 0 Å². The fourth-order valence-electron chi connectivity index (χ4n) is 3.60. The molecule has 182 valence electrons. The van der Waals surface area contributed by atoms with E-state index in [1.165, 1.54) is 5.56 Å². The highest BCUT2D eigenvalue weighted by molar-refractivity contribution is 6.48. The average molecular weight is 461 g/mol. The first kappa shape index (κ1) is 26.7. The number of hydrogen-bond acceptors (Lipinski definition) is 5. The molecule has 9 nitrogen and oxygen atoms in total. The normalized spacial score (nSPS) is 18.3. The number of carbonyl (C=O) groups is 3. The Kier molecular flexibility index (Phi) is 9.30. The summed E-state index contributed by atoms with van der Waals surface area (Å²) < 4.78 is 12.3. The van der Waals surface area contributed by atoms with E-state index in [1.807, 2.05) is 58.0 Å². The molecule has 1 aliphatic rings. The molecule has 0 spiro atoms. The summed E-state index contributed by atoms with van der Waals surface area (Å²) in [7, 11) is -0.704. The minimum atomic E-state index is -1.38. The molecular weight excluding hydrogens is 425 g/mol. The van der Waals surface area contributed by atoms with E-state index in [1.54, 1.807) is 6.92 Å². The summed E-state index contributed by atoms with van der Waals surface area (Å²) in [5.41, 5.74) is 0.0118. The van der Waals surface area contributed by atoms with Gasteiger partial charge in [0, 0.05) is 6.54 Å². The number of carboxylic acid groups (broad SMARTS) is 1. The van der Waals surface area contributed by atoms with E-state index in [9.17, 15) is 14.4 Å². The Labute approximate surface area is 196 Å². The van der Waals surface area contributed by atoms with Gasteiger partial charge in [-0.05, 0) is 59.4 Å². The maximum absolute atomic E-state index is 13.0. The van der Waals surface area contributed by atoms with E-state index >= 15 is 0 Å². The zero-order chi connectivity index (χ0) is 24.6. The van der Waals surface area contributed by atoms with Crippen molar-refractivity contribution in [3.8, 4) is 0 Å². The summed E-state index contributed by atoms with van der Waals surface area (Å²) in [6, 6.07) is 8.77. The van der Waals surface area contributed by atoms with Gasteiger partial charge in [0.2, 0.25) is 11.8 Å². The molecule has 1 saturated heterocycles. The van der Waals surface area contributed by atoms with E-state index in [-0.39, 0.29) is 6.42 Å². The number of benzene rings is 1. The van der Waals surface area contributed by atoms with Crippen LogP contribution in [0.15, 0.2) is 30.3 Å². The van der Waals surface area contributed by atoms with Crippen molar-refractivity contribution in [2.45, 2.75) is 83.5 Å². The largest absolute Gasteiger partial charge is 0.481 e. The molecule has 1 fully saturated rings. The lowest BCUT2D eigenvalue weighted by Crippen LogP contribution is -2.55. The molecule has 10 heteroatoms. The Morgan fingerprint density at radius 1 is 1.03 bits per heavy atom. The topological polar surface area (TPSA) is 126 Å². The highest BCUT2D eigenvalue weighted by Crippen LogP contribution is 2.38. The number of nitrogens with one attached hydrogen (secondary N) is 3. The van der Waals surface area contributed by atoms with Crippen LogP contribution in [0.2, 0.25) is 0 Å². The van der Waals surface area contributed by atoms with E-state index in [2.05, 4.69) is 16.0 Å². The Bertz CT molecular complexity index is 802. The molecule has 0 saturated carbocycles. The first-order chi connectivity index (χ1) is 15.4. The molecule has 1 aliphatic heterocycles. The number of carbonyl (C=O) groups excluding carboxylic acids is 2. The van der Waals surface area contributed by atoms with Gasteiger partial charge >= 0.3 is 13.2 Å². The molecule has 0 radical (unpaired) electrons. The SMILES string of the molecule is CCNC(=O)C[C@@H](NC(=O)O)C(=O)N[C@@H](CCCc1ccccc1)B1OC(C)(C)C(C)(C)O1. The summed E-state index contributed by atoms with van der Waals surface area (Å²) >= 11 is 0. The quantitative estimate of drug-likeness (QED) is 0.375. The van der Waals surface area contributed by atoms with Crippen molar-refractivity contribution >= 4 is 25.0 Å². The van der Waals surface area contributed by atoms with Crippen molar-refractivity contribution in [1.82, 2.24) is 16.0 Å². The zero-order valence-corrected chi connectivity index (χ0v) is 20.1. The third-order valence-corrected chi connectivity index (χ3v) is 6.13. The van der Waals surface area contributed by atoms with Crippen LogP contribution in [0, 0.1) is 0 Å². The first-order valence-corrected chi connectivity index (χ1v) is 11.4. The summed E-state index contributed by atoms with van der Waals surface area (Å²) in [6.45, 7) is 9.85. The number of amides is 3. The number of aryl methyl sites for hydroxylation is 1. The Hall–Kier alpha value is -2.59. The Balaban J connectivity index is 2.14. The van der Waals surface area contributed by atoms with Gasteiger partial charge in [0.05, 0.1) is 23.6 Å². The monoisotopic (exact) mass is 461 g/mol. The molecule has 2 atom stereocenters. The van der Waals surface area contributed by atoms with Gasteiger partial charge in [-0.25, -0.2) is 4.79 Å². The summed E-state index contributed by atoms with van der Waals surface area (Å²) in [5.74, 6) is -1.53. The van der Waals surface area contributed by atoms with E-state index < -0.39 is 48.2 Å². The van der Waals surface area contributed by atoms with Crippen LogP contribution in [0.3, 0.4) is 0 Å². The lowest BCUT2D eigenvalue weighted by atomic mass is 9.75. The molecule has 33 heavy (non-hydrogen) atoms. The van der Waals surface area contributed by atoms with Gasteiger partial charge < -0.3 is 30.4 Å². The third kappa shape index (κ3) is 7.75. The van der Waals surface area contributed by atoms with Crippen LogP contribution in [-0.2, 0) is 25.3 Å². The van der Waals surface area contributed by atoms with Gasteiger partial charge in [-0.15, -0.1) is 0 Å². The van der Waals surface area contributed by atoms with Crippen LogP contribution in [0.4, 0.5) is 4.79 Å². The van der Waals surface area contributed by atoms with Crippen molar-refractivity contribution in [3.05, 3.63) is 35.9 Å². The molecular formula is C23H36BN3O6. The molecule has 0 aliphatic carbocycles. The lowest BCUT2D eigenvalue weighted by molar-refractivity contribution is -0.128. The number of rotatable bonds is 11. The minimum Gasteiger partial charge on any atom is -0.465 e. The van der Waals surface area contributed by atoms with Crippen LogP contribution < -0.4 is 16.0 Å². The highest BCUT2D eigenvalue weighted by atomic mass is 16.7. The second kappa shape index (κ2) is 11.5. The predicted octanol–water partition coefficient (Wildman–Crippen LogP) is 2.29. The van der Waals surface area contributed by atoms with Gasteiger partial charge in [0.25, 0.3) is 0 Å². The van der Waals surface area contributed by atoms with Crippen molar-refractivity contribution in [2.75, 3.05) is 6.54 Å². The second-order valence-corrected chi connectivity index (χ2v) is 9.28. The predicted molar refractivity (Wildman–Crippen MR) is 126 cm³/mol. The van der Waals surface area contributed by atoms with Gasteiger partial charge in [-0.3, -0.25) is 9.59 Å². The lowest BCUT2D eigenvalue weighted by Gasteiger charge is -2.32. The van der Waals surface area contributed by atoms with Crippen LogP contribution in [0.25, 0.3) is 0 Å². The van der Waals surface area contributed by atoms with E-state index in [0.29, 0.717) is 13.0 Å².